The van der Waals surface area contributed by atoms with Gasteiger partial charge in [-0.3, -0.25) is 0 Å². The number of hydrogen-bond acceptors (Lipinski definition) is 7. The maximum Gasteiger partial charge on any atom is 0.245 e. The number of anilines is 2. The average Bonchev–Trinajstić information content (AvgIpc) is 3.18. The Bertz CT molecular complexity index is 1240. The number of benzene rings is 2. The van der Waals surface area contributed by atoms with E-state index in [0.717, 1.165) is 35.1 Å². The number of hydrogen-bond donors (Lipinski definition) is 2. The second-order valence-electron chi connectivity index (χ2n) is 7.22. The van der Waals surface area contributed by atoms with E-state index in [2.05, 4.69) is 20.3 Å². The number of aliphatic hydroxyl groups excluding tert-OH is 1. The van der Waals surface area contributed by atoms with E-state index in [-0.39, 0.29) is 5.88 Å². The van der Waals surface area contributed by atoms with E-state index in [9.17, 15) is 9.50 Å². The van der Waals surface area contributed by atoms with Gasteiger partial charge in [-0.2, -0.15) is 0 Å². The van der Waals surface area contributed by atoms with Gasteiger partial charge in [-0.05, 0) is 49.1 Å². The number of thiazole rings is 1. The van der Waals surface area contributed by atoms with E-state index >= 15 is 0 Å². The van der Waals surface area contributed by atoms with Crippen molar-refractivity contribution >= 4 is 37.9 Å². The molecule has 5 rings (SSSR count). The SMILES string of the molecule is O[C@H]1C=C(c2nccnc2Oc2ccc(Nc3nc4ccccc4s3)c(F)c2)CCC1. The van der Waals surface area contributed by atoms with Crippen molar-refractivity contribution in [3.8, 4) is 11.6 Å². The Kier molecular flexibility index (Phi) is 5.31. The molecule has 2 heterocycles. The number of halogens is 1. The highest BCUT2D eigenvalue weighted by atomic mass is 32.1. The topological polar surface area (TPSA) is 80.2 Å². The second kappa shape index (κ2) is 8.41. The number of allylic oxidation sites excluding steroid dienone is 1. The Hall–Kier alpha value is -3.36. The Labute approximate surface area is 182 Å². The molecule has 0 bridgehead atoms. The minimum atomic E-state index is -0.496. The van der Waals surface area contributed by atoms with Gasteiger partial charge in [0.2, 0.25) is 5.88 Å². The van der Waals surface area contributed by atoms with E-state index in [4.69, 9.17) is 4.74 Å². The highest BCUT2D eigenvalue weighted by molar-refractivity contribution is 7.22. The Balaban J connectivity index is 1.37. The minimum Gasteiger partial charge on any atom is -0.437 e. The van der Waals surface area contributed by atoms with Gasteiger partial charge in [-0.25, -0.2) is 19.3 Å². The first-order valence-corrected chi connectivity index (χ1v) is 10.8. The van der Waals surface area contributed by atoms with Gasteiger partial charge >= 0.3 is 0 Å². The number of rotatable bonds is 5. The monoisotopic (exact) mass is 434 g/mol. The van der Waals surface area contributed by atoms with Crippen LogP contribution >= 0.6 is 11.3 Å². The summed E-state index contributed by atoms with van der Waals surface area (Å²) in [7, 11) is 0. The predicted molar refractivity (Wildman–Crippen MR) is 119 cm³/mol. The quantitative estimate of drug-likeness (QED) is 0.420. The van der Waals surface area contributed by atoms with E-state index in [1.807, 2.05) is 24.3 Å². The Morgan fingerprint density at radius 1 is 1.13 bits per heavy atom. The summed E-state index contributed by atoms with van der Waals surface area (Å²) in [5.74, 6) is 0.134. The summed E-state index contributed by atoms with van der Waals surface area (Å²) in [4.78, 5) is 13.1. The average molecular weight is 434 g/mol. The van der Waals surface area contributed by atoms with Gasteiger partial charge < -0.3 is 15.2 Å². The maximum absolute atomic E-state index is 14.8. The van der Waals surface area contributed by atoms with Crippen molar-refractivity contribution in [1.29, 1.82) is 0 Å². The van der Waals surface area contributed by atoms with Crippen LogP contribution in [0, 0.1) is 5.82 Å². The zero-order chi connectivity index (χ0) is 21.2. The van der Waals surface area contributed by atoms with E-state index in [1.165, 1.54) is 23.6 Å². The molecule has 1 aliphatic rings. The normalized spacial score (nSPS) is 16.2. The lowest BCUT2D eigenvalue weighted by molar-refractivity contribution is 0.206. The zero-order valence-corrected chi connectivity index (χ0v) is 17.3. The van der Waals surface area contributed by atoms with Crippen LogP contribution in [0.1, 0.15) is 25.0 Å². The van der Waals surface area contributed by atoms with Crippen molar-refractivity contribution < 1.29 is 14.2 Å². The van der Waals surface area contributed by atoms with Gasteiger partial charge in [0.1, 0.15) is 17.3 Å². The Morgan fingerprint density at radius 3 is 2.84 bits per heavy atom. The van der Waals surface area contributed by atoms with E-state index in [0.29, 0.717) is 22.3 Å². The highest BCUT2D eigenvalue weighted by Crippen LogP contribution is 2.34. The molecule has 4 aromatic rings. The summed E-state index contributed by atoms with van der Waals surface area (Å²) in [6.45, 7) is 0. The van der Waals surface area contributed by atoms with Gasteiger partial charge in [0.25, 0.3) is 0 Å². The van der Waals surface area contributed by atoms with E-state index in [1.54, 1.807) is 24.4 Å². The van der Waals surface area contributed by atoms with Crippen LogP contribution < -0.4 is 10.1 Å². The van der Waals surface area contributed by atoms with Crippen molar-refractivity contribution in [3.05, 3.63) is 72.4 Å². The first-order valence-electron chi connectivity index (χ1n) is 9.96. The summed E-state index contributed by atoms with van der Waals surface area (Å²) in [5.41, 5.74) is 2.63. The van der Waals surface area contributed by atoms with Crippen LogP contribution in [-0.2, 0) is 0 Å². The van der Waals surface area contributed by atoms with Crippen molar-refractivity contribution in [2.45, 2.75) is 25.4 Å². The van der Waals surface area contributed by atoms with Gasteiger partial charge in [0.05, 0.1) is 22.0 Å². The predicted octanol–water partition coefficient (Wildman–Crippen LogP) is 5.69. The standard InChI is InChI=1S/C23H19FN4O2S/c24-17-13-16(8-9-18(17)27-23-28-19-6-1-2-7-20(19)31-23)30-22-21(25-10-11-26-22)14-4-3-5-15(29)12-14/h1-2,6-13,15,29H,3-5H2,(H,27,28)/t15-/m1/s1. The third-order valence-electron chi connectivity index (χ3n) is 5.00. The van der Waals surface area contributed by atoms with Gasteiger partial charge in [-0.15, -0.1) is 0 Å². The van der Waals surface area contributed by atoms with Gasteiger partial charge in [0, 0.05) is 18.5 Å². The van der Waals surface area contributed by atoms with Crippen LogP contribution in [0.25, 0.3) is 15.8 Å². The Morgan fingerprint density at radius 2 is 2.00 bits per heavy atom. The van der Waals surface area contributed by atoms with Gasteiger partial charge in [-0.1, -0.05) is 29.5 Å². The number of fused-ring (bicyclic) bond motifs is 1. The first-order chi connectivity index (χ1) is 15.2. The van der Waals surface area contributed by atoms with Crippen molar-refractivity contribution in [2.75, 3.05) is 5.32 Å². The van der Waals surface area contributed by atoms with E-state index < -0.39 is 11.9 Å². The number of aliphatic hydroxyl groups is 1. The molecule has 0 radical (unpaired) electrons. The number of nitrogens with one attached hydrogen (secondary N) is 1. The molecule has 156 valence electrons. The molecule has 0 aliphatic heterocycles. The summed E-state index contributed by atoms with van der Waals surface area (Å²) in [6, 6.07) is 12.3. The minimum absolute atomic E-state index is 0.286. The molecule has 0 saturated carbocycles. The molecule has 6 nitrogen and oxygen atoms in total. The van der Waals surface area contributed by atoms with Gasteiger partial charge in [0.15, 0.2) is 5.13 Å². The fourth-order valence-electron chi connectivity index (χ4n) is 3.53. The van der Waals surface area contributed by atoms with Crippen LogP contribution in [0.4, 0.5) is 15.2 Å². The maximum atomic E-state index is 14.8. The molecule has 8 heteroatoms. The summed E-state index contributed by atoms with van der Waals surface area (Å²) >= 11 is 1.46. The number of para-hydroxylation sites is 1. The van der Waals surface area contributed by atoms with Crippen molar-refractivity contribution in [1.82, 2.24) is 15.0 Å². The number of aromatic nitrogens is 3. The smallest absolute Gasteiger partial charge is 0.245 e. The van der Waals surface area contributed by atoms with Crippen LogP contribution in [0.5, 0.6) is 11.6 Å². The van der Waals surface area contributed by atoms with Crippen molar-refractivity contribution in [2.24, 2.45) is 0 Å². The highest BCUT2D eigenvalue weighted by Gasteiger charge is 2.18. The van der Waals surface area contributed by atoms with Crippen LogP contribution in [-0.4, -0.2) is 26.2 Å². The molecule has 0 amide bonds. The fraction of sp³-hybridized carbons (Fsp3) is 0.174. The summed E-state index contributed by atoms with van der Waals surface area (Å²) < 4.78 is 21.6. The lowest BCUT2D eigenvalue weighted by atomic mass is 9.95. The molecule has 0 unspecified atom stereocenters. The molecule has 2 aromatic heterocycles. The third-order valence-corrected chi connectivity index (χ3v) is 5.95. The van der Waals surface area contributed by atoms with Crippen LogP contribution in [0.15, 0.2) is 60.9 Å². The van der Waals surface area contributed by atoms with Crippen molar-refractivity contribution in [3.63, 3.8) is 0 Å². The number of nitrogens with zero attached hydrogens (tertiary/aromatic N) is 3. The molecule has 2 N–H and O–H groups in total. The molecule has 31 heavy (non-hydrogen) atoms. The largest absolute Gasteiger partial charge is 0.437 e. The molecular formula is C23H19FN4O2S. The lowest BCUT2D eigenvalue weighted by Gasteiger charge is -2.18. The first kappa shape index (κ1) is 19.6. The molecule has 0 spiro atoms. The zero-order valence-electron chi connectivity index (χ0n) is 16.5. The molecule has 1 aliphatic carbocycles. The summed E-state index contributed by atoms with van der Waals surface area (Å²) in [5, 5.41) is 13.6. The number of ether oxygens (including phenoxy) is 1. The molecule has 2 aromatic carbocycles. The molecule has 0 saturated heterocycles. The molecule has 1 atom stereocenters. The second-order valence-corrected chi connectivity index (χ2v) is 8.25. The molecule has 0 fully saturated rings. The van der Waals surface area contributed by atoms with Crippen LogP contribution in [0.3, 0.4) is 0 Å². The third kappa shape index (κ3) is 4.26. The summed E-state index contributed by atoms with van der Waals surface area (Å²) in [6.07, 6.45) is 6.77. The lowest BCUT2D eigenvalue weighted by Crippen LogP contribution is -2.10. The molecular weight excluding hydrogens is 415 g/mol. The van der Waals surface area contributed by atoms with Crippen LogP contribution in [0.2, 0.25) is 0 Å². The fourth-order valence-corrected chi connectivity index (χ4v) is 4.41.